The Hall–Kier alpha value is -1.06. The summed E-state index contributed by atoms with van der Waals surface area (Å²) in [5.41, 5.74) is 2.09. The van der Waals surface area contributed by atoms with Crippen LogP contribution in [0.5, 0.6) is 5.75 Å². The molecule has 1 aromatic rings. The summed E-state index contributed by atoms with van der Waals surface area (Å²) < 4.78 is 5.28. The Morgan fingerprint density at radius 1 is 1.50 bits per heavy atom. The van der Waals surface area contributed by atoms with Crippen LogP contribution in [0.2, 0.25) is 0 Å². The summed E-state index contributed by atoms with van der Waals surface area (Å²) in [6.45, 7) is 4.51. The van der Waals surface area contributed by atoms with E-state index in [1.165, 1.54) is 11.1 Å². The molecule has 0 aromatic heterocycles. The molecular weight excluding hydrogens is 226 g/mol. The van der Waals surface area contributed by atoms with Gasteiger partial charge in [0.25, 0.3) is 0 Å². The third kappa shape index (κ3) is 2.85. The molecule has 0 heterocycles. The molecule has 100 valence electrons. The Bertz CT molecular complexity index is 415. The van der Waals surface area contributed by atoms with Crippen molar-refractivity contribution < 1.29 is 9.84 Å². The topological polar surface area (TPSA) is 41.5 Å². The van der Waals surface area contributed by atoms with E-state index in [1.807, 2.05) is 19.9 Å². The van der Waals surface area contributed by atoms with Crippen LogP contribution in [-0.2, 0) is 6.42 Å². The molecule has 2 N–H and O–H groups in total. The van der Waals surface area contributed by atoms with Crippen molar-refractivity contribution in [3.05, 3.63) is 29.3 Å². The second-order valence-corrected chi connectivity index (χ2v) is 5.39. The third-order valence-corrected chi connectivity index (χ3v) is 3.92. The van der Waals surface area contributed by atoms with Crippen molar-refractivity contribution in [2.24, 2.45) is 0 Å². The average Bonchev–Trinajstić information content (AvgIpc) is 2.78. The van der Waals surface area contributed by atoms with Crippen LogP contribution in [0, 0.1) is 0 Å². The van der Waals surface area contributed by atoms with Gasteiger partial charge in [-0.1, -0.05) is 13.0 Å². The first-order valence-corrected chi connectivity index (χ1v) is 6.68. The Kier molecular flexibility index (Phi) is 3.93. The molecule has 0 fully saturated rings. The fourth-order valence-electron chi connectivity index (χ4n) is 2.39. The highest BCUT2D eigenvalue weighted by Crippen LogP contribution is 2.33. The molecule has 0 amide bonds. The first-order valence-electron chi connectivity index (χ1n) is 6.68. The summed E-state index contributed by atoms with van der Waals surface area (Å²) in [6.07, 6.45) is 2.96. The molecule has 1 aliphatic carbocycles. The number of hydrogen-bond acceptors (Lipinski definition) is 3. The van der Waals surface area contributed by atoms with Crippen molar-refractivity contribution in [2.45, 2.75) is 44.8 Å². The molecule has 0 radical (unpaired) electrons. The molecule has 0 bridgehead atoms. The number of nitrogens with one attached hydrogen (secondary N) is 1. The van der Waals surface area contributed by atoms with E-state index in [4.69, 9.17) is 4.74 Å². The third-order valence-electron chi connectivity index (χ3n) is 3.92. The second kappa shape index (κ2) is 5.29. The zero-order chi connectivity index (χ0) is 13.2. The fourth-order valence-corrected chi connectivity index (χ4v) is 2.39. The van der Waals surface area contributed by atoms with Gasteiger partial charge < -0.3 is 15.2 Å². The monoisotopic (exact) mass is 249 g/mol. The van der Waals surface area contributed by atoms with Gasteiger partial charge in [0.2, 0.25) is 0 Å². The Labute approximate surface area is 109 Å². The van der Waals surface area contributed by atoms with Crippen molar-refractivity contribution in [3.8, 4) is 5.75 Å². The maximum Gasteiger partial charge on any atom is 0.119 e. The van der Waals surface area contributed by atoms with E-state index in [0.717, 1.165) is 25.0 Å². The molecule has 3 heteroatoms. The summed E-state index contributed by atoms with van der Waals surface area (Å²) in [5.74, 6) is 0.907. The molecule has 0 saturated carbocycles. The van der Waals surface area contributed by atoms with Crippen molar-refractivity contribution in [2.75, 3.05) is 13.7 Å². The summed E-state index contributed by atoms with van der Waals surface area (Å²) in [7, 11) is 1.70. The summed E-state index contributed by atoms with van der Waals surface area (Å²) in [6, 6.07) is 6.62. The first kappa shape index (κ1) is 13.4. The van der Waals surface area contributed by atoms with Crippen LogP contribution in [0.15, 0.2) is 18.2 Å². The van der Waals surface area contributed by atoms with Gasteiger partial charge in [0.15, 0.2) is 0 Å². The summed E-state index contributed by atoms with van der Waals surface area (Å²) in [4.78, 5) is 0. The predicted octanol–water partition coefficient (Wildman–Crippen LogP) is 2.43. The molecule has 3 nitrogen and oxygen atoms in total. The molecule has 0 saturated heterocycles. The molecule has 2 atom stereocenters. The summed E-state index contributed by atoms with van der Waals surface area (Å²) in [5, 5.41) is 13.5. The van der Waals surface area contributed by atoms with Gasteiger partial charge >= 0.3 is 0 Å². The van der Waals surface area contributed by atoms with Gasteiger partial charge in [-0.05, 0) is 49.4 Å². The van der Waals surface area contributed by atoms with Crippen molar-refractivity contribution in [3.63, 3.8) is 0 Å². The second-order valence-electron chi connectivity index (χ2n) is 5.39. The zero-order valence-electron chi connectivity index (χ0n) is 11.5. The smallest absolute Gasteiger partial charge is 0.119 e. The number of aryl methyl sites for hydroxylation is 1. The molecule has 1 aromatic carbocycles. The van der Waals surface area contributed by atoms with Crippen LogP contribution in [0.3, 0.4) is 0 Å². The molecule has 2 rings (SSSR count). The Morgan fingerprint density at radius 3 is 2.94 bits per heavy atom. The van der Waals surface area contributed by atoms with Gasteiger partial charge in [0, 0.05) is 12.6 Å². The maximum atomic E-state index is 10.0. The minimum atomic E-state index is -0.623. The number of ether oxygens (including phenoxy) is 1. The normalized spacial score (nSPS) is 21.4. The Balaban J connectivity index is 2.06. The molecule has 1 aliphatic rings. The zero-order valence-corrected chi connectivity index (χ0v) is 11.5. The highest BCUT2D eigenvalue weighted by atomic mass is 16.5. The Morgan fingerprint density at radius 2 is 2.28 bits per heavy atom. The van der Waals surface area contributed by atoms with E-state index in [-0.39, 0.29) is 0 Å². The minimum absolute atomic E-state index is 0.341. The maximum absolute atomic E-state index is 10.0. The van der Waals surface area contributed by atoms with Crippen molar-refractivity contribution in [1.82, 2.24) is 5.32 Å². The number of benzene rings is 1. The molecule has 18 heavy (non-hydrogen) atoms. The van der Waals surface area contributed by atoms with Crippen molar-refractivity contribution >= 4 is 0 Å². The van der Waals surface area contributed by atoms with Gasteiger partial charge in [0.05, 0.1) is 12.7 Å². The number of rotatable bonds is 5. The van der Waals surface area contributed by atoms with Gasteiger partial charge in [0.1, 0.15) is 5.75 Å². The van der Waals surface area contributed by atoms with E-state index in [2.05, 4.69) is 17.4 Å². The van der Waals surface area contributed by atoms with E-state index in [1.54, 1.807) is 7.11 Å². The van der Waals surface area contributed by atoms with Crippen LogP contribution in [0.4, 0.5) is 0 Å². The van der Waals surface area contributed by atoms with E-state index >= 15 is 0 Å². The van der Waals surface area contributed by atoms with E-state index in [0.29, 0.717) is 12.6 Å². The molecule has 0 spiro atoms. The number of hydrogen-bond donors (Lipinski definition) is 2. The lowest BCUT2D eigenvalue weighted by atomic mass is 10.0. The lowest BCUT2D eigenvalue weighted by Gasteiger charge is -2.25. The molecule has 2 unspecified atom stereocenters. The van der Waals surface area contributed by atoms with Gasteiger partial charge in [-0.15, -0.1) is 0 Å². The highest BCUT2D eigenvalue weighted by Gasteiger charge is 2.25. The van der Waals surface area contributed by atoms with Crippen molar-refractivity contribution in [1.29, 1.82) is 0 Å². The largest absolute Gasteiger partial charge is 0.497 e. The van der Waals surface area contributed by atoms with Crippen LogP contribution >= 0.6 is 0 Å². The predicted molar refractivity (Wildman–Crippen MR) is 73.0 cm³/mol. The number of aliphatic hydroxyl groups is 1. The average molecular weight is 249 g/mol. The number of methoxy groups -OCH3 is 1. The fraction of sp³-hybridized carbons (Fsp3) is 0.600. The number of fused-ring (bicyclic) bond motifs is 1. The first-order chi connectivity index (χ1) is 8.55. The van der Waals surface area contributed by atoms with E-state index < -0.39 is 5.60 Å². The lowest BCUT2D eigenvalue weighted by Crippen LogP contribution is -2.38. The minimum Gasteiger partial charge on any atom is -0.497 e. The van der Waals surface area contributed by atoms with E-state index in [9.17, 15) is 5.11 Å². The van der Waals surface area contributed by atoms with Crippen LogP contribution < -0.4 is 10.1 Å². The summed E-state index contributed by atoms with van der Waals surface area (Å²) >= 11 is 0. The SMILES string of the molecule is CCC(C)(O)CNC1CCc2ccc(OC)cc21. The van der Waals surface area contributed by atoms with Crippen LogP contribution in [0.25, 0.3) is 0 Å². The van der Waals surface area contributed by atoms with Crippen LogP contribution in [0.1, 0.15) is 43.9 Å². The lowest BCUT2D eigenvalue weighted by molar-refractivity contribution is 0.0528. The van der Waals surface area contributed by atoms with Gasteiger partial charge in [-0.3, -0.25) is 0 Å². The van der Waals surface area contributed by atoms with Gasteiger partial charge in [-0.2, -0.15) is 0 Å². The molecule has 0 aliphatic heterocycles. The molecular formula is C15H23NO2. The quantitative estimate of drug-likeness (QED) is 0.842. The highest BCUT2D eigenvalue weighted by molar-refractivity contribution is 5.40. The standard InChI is InChI=1S/C15H23NO2/c1-4-15(2,17)10-16-14-8-6-11-5-7-12(18-3)9-13(11)14/h5,7,9,14,16-17H,4,6,8,10H2,1-3H3. The van der Waals surface area contributed by atoms with Crippen LogP contribution in [-0.4, -0.2) is 24.4 Å². The van der Waals surface area contributed by atoms with Gasteiger partial charge in [-0.25, -0.2) is 0 Å².